The van der Waals surface area contributed by atoms with Gasteiger partial charge in [-0.25, -0.2) is 4.79 Å². The first-order chi connectivity index (χ1) is 14.8. The summed E-state index contributed by atoms with van der Waals surface area (Å²) >= 11 is 0. The van der Waals surface area contributed by atoms with Gasteiger partial charge in [0, 0.05) is 5.39 Å². The number of furan rings is 1. The number of hydrogen-bond donors (Lipinski definition) is 2. The summed E-state index contributed by atoms with van der Waals surface area (Å²) in [5.74, 6) is 0.188. The number of imide groups is 1. The maximum absolute atomic E-state index is 13.0. The van der Waals surface area contributed by atoms with E-state index in [1.807, 2.05) is 30.3 Å². The highest BCUT2D eigenvalue weighted by molar-refractivity contribution is 6.09. The van der Waals surface area contributed by atoms with Gasteiger partial charge < -0.3 is 19.8 Å². The maximum atomic E-state index is 13.0. The van der Waals surface area contributed by atoms with E-state index in [-0.39, 0.29) is 0 Å². The van der Waals surface area contributed by atoms with Gasteiger partial charge in [0.25, 0.3) is 5.91 Å². The first-order valence-electron chi connectivity index (χ1n) is 9.88. The molecule has 2 aromatic carbocycles. The Kier molecular flexibility index (Phi) is 5.14. The molecule has 2 N–H and O–H groups in total. The highest BCUT2D eigenvalue weighted by atomic mass is 16.5. The van der Waals surface area contributed by atoms with Crippen LogP contribution in [-0.4, -0.2) is 36.4 Å². The Morgan fingerprint density at radius 1 is 1.19 bits per heavy atom. The molecule has 4 amide bonds. The van der Waals surface area contributed by atoms with Crippen LogP contribution in [0.4, 0.5) is 4.79 Å². The summed E-state index contributed by atoms with van der Waals surface area (Å²) in [6, 6.07) is 15.3. The highest BCUT2D eigenvalue weighted by Crippen LogP contribution is 2.31. The van der Waals surface area contributed by atoms with Gasteiger partial charge in [0.2, 0.25) is 5.91 Å². The Morgan fingerprint density at radius 2 is 1.97 bits per heavy atom. The van der Waals surface area contributed by atoms with E-state index in [2.05, 4.69) is 10.6 Å². The molecule has 31 heavy (non-hydrogen) atoms. The predicted octanol–water partition coefficient (Wildman–Crippen LogP) is 3.09. The van der Waals surface area contributed by atoms with Crippen molar-refractivity contribution in [2.45, 2.75) is 25.4 Å². The van der Waals surface area contributed by atoms with Crippen molar-refractivity contribution in [2.24, 2.45) is 0 Å². The molecule has 8 heteroatoms. The zero-order valence-corrected chi connectivity index (χ0v) is 17.5. The lowest BCUT2D eigenvalue weighted by Crippen LogP contribution is -2.43. The number of para-hydroxylation sites is 1. The number of carbonyl (C=O) groups excluding carboxylic acids is 3. The van der Waals surface area contributed by atoms with Crippen molar-refractivity contribution in [3.63, 3.8) is 0 Å². The zero-order valence-electron chi connectivity index (χ0n) is 17.5. The molecule has 0 aliphatic carbocycles. The van der Waals surface area contributed by atoms with Crippen LogP contribution in [-0.2, 0) is 15.1 Å². The van der Waals surface area contributed by atoms with E-state index < -0.39 is 36.0 Å². The molecular formula is C23H23N3O5. The molecule has 1 aliphatic heterocycles. The molecule has 8 nitrogen and oxygen atoms in total. The lowest BCUT2D eigenvalue weighted by atomic mass is 9.92. The van der Waals surface area contributed by atoms with E-state index in [0.29, 0.717) is 17.1 Å². The van der Waals surface area contributed by atoms with Gasteiger partial charge in [0.15, 0.2) is 0 Å². The number of nitrogens with one attached hydrogen (secondary N) is 2. The molecule has 160 valence electrons. The molecule has 0 saturated carbocycles. The number of hydrogen-bond acceptors (Lipinski definition) is 5. The summed E-state index contributed by atoms with van der Waals surface area (Å²) in [6.07, 6.45) is 0. The average molecular weight is 421 g/mol. The Hall–Kier alpha value is -3.81. The minimum absolute atomic E-state index is 0.394. The fraction of sp³-hybridized carbons (Fsp3) is 0.261. The second-order valence-corrected chi connectivity index (χ2v) is 7.65. The molecule has 2 heterocycles. The Balaban J connectivity index is 1.46. The first-order valence-corrected chi connectivity index (χ1v) is 9.88. The van der Waals surface area contributed by atoms with Crippen LogP contribution in [0.2, 0.25) is 0 Å². The molecule has 1 saturated heterocycles. The summed E-state index contributed by atoms with van der Waals surface area (Å²) < 4.78 is 11.0. The minimum Gasteiger partial charge on any atom is -0.497 e. The third-order valence-corrected chi connectivity index (χ3v) is 5.47. The molecule has 0 spiro atoms. The molecule has 0 radical (unpaired) electrons. The van der Waals surface area contributed by atoms with Crippen LogP contribution in [0.5, 0.6) is 5.75 Å². The molecule has 1 fully saturated rings. The lowest BCUT2D eigenvalue weighted by molar-refractivity contribution is -0.135. The van der Waals surface area contributed by atoms with Crippen molar-refractivity contribution in [3.05, 3.63) is 65.9 Å². The van der Waals surface area contributed by atoms with Gasteiger partial charge >= 0.3 is 6.03 Å². The van der Waals surface area contributed by atoms with Crippen molar-refractivity contribution >= 4 is 28.8 Å². The van der Waals surface area contributed by atoms with E-state index in [9.17, 15) is 14.4 Å². The second kappa shape index (κ2) is 7.79. The smallest absolute Gasteiger partial charge is 0.325 e. The lowest BCUT2D eigenvalue weighted by Gasteiger charge is -2.22. The van der Waals surface area contributed by atoms with Crippen LogP contribution in [0.15, 0.2) is 59.0 Å². The number of fused-ring (bicyclic) bond motifs is 1. The maximum Gasteiger partial charge on any atom is 0.325 e. The van der Waals surface area contributed by atoms with Crippen molar-refractivity contribution in [1.29, 1.82) is 0 Å². The number of amides is 4. The monoisotopic (exact) mass is 421 g/mol. The third-order valence-electron chi connectivity index (χ3n) is 5.47. The number of urea groups is 1. The van der Waals surface area contributed by atoms with E-state index >= 15 is 0 Å². The van der Waals surface area contributed by atoms with Gasteiger partial charge in [0.1, 0.15) is 29.2 Å². The number of rotatable bonds is 6. The van der Waals surface area contributed by atoms with Gasteiger partial charge in [-0.2, -0.15) is 0 Å². The normalized spacial score (nSPS) is 19.4. The summed E-state index contributed by atoms with van der Waals surface area (Å²) in [5, 5.41) is 6.41. The molecule has 3 aromatic rings. The van der Waals surface area contributed by atoms with E-state index in [0.717, 1.165) is 15.9 Å². The molecule has 0 unspecified atom stereocenters. The van der Waals surface area contributed by atoms with E-state index in [4.69, 9.17) is 9.15 Å². The molecular weight excluding hydrogens is 398 g/mol. The third kappa shape index (κ3) is 3.72. The van der Waals surface area contributed by atoms with Gasteiger partial charge in [0.05, 0.1) is 13.2 Å². The molecule has 0 bridgehead atoms. The van der Waals surface area contributed by atoms with Crippen molar-refractivity contribution in [1.82, 2.24) is 15.5 Å². The van der Waals surface area contributed by atoms with Crippen LogP contribution in [0, 0.1) is 0 Å². The first kappa shape index (κ1) is 20.5. The number of ether oxygens (including phenoxy) is 1. The topological polar surface area (TPSA) is 101 Å². The fourth-order valence-electron chi connectivity index (χ4n) is 3.69. The largest absolute Gasteiger partial charge is 0.497 e. The molecule has 1 aromatic heterocycles. The zero-order chi connectivity index (χ0) is 22.2. The number of carbonyl (C=O) groups is 3. The Labute approximate surface area is 179 Å². The predicted molar refractivity (Wildman–Crippen MR) is 113 cm³/mol. The second-order valence-electron chi connectivity index (χ2n) is 7.65. The summed E-state index contributed by atoms with van der Waals surface area (Å²) in [5.41, 5.74) is 0.0153. The standard InChI is InChI=1S/C23H23N3O5/c1-14(19-11-15-7-4-5-10-18(15)31-19)24-20(27)13-26-21(28)23(2,25-22(26)29)16-8-6-9-17(12-16)30-3/h4-12,14H,13H2,1-3H3,(H,24,27)(H,25,29)/t14-,23-/m0/s1. The van der Waals surface area contributed by atoms with Gasteiger partial charge in [-0.15, -0.1) is 0 Å². The van der Waals surface area contributed by atoms with Crippen LogP contribution < -0.4 is 15.4 Å². The van der Waals surface area contributed by atoms with Crippen LogP contribution in [0.1, 0.15) is 31.2 Å². The van der Waals surface area contributed by atoms with Crippen molar-refractivity contribution < 1.29 is 23.5 Å². The number of methoxy groups -OCH3 is 1. The minimum atomic E-state index is -1.28. The van der Waals surface area contributed by atoms with Gasteiger partial charge in [-0.05, 0) is 43.7 Å². The van der Waals surface area contributed by atoms with Crippen LogP contribution in [0.3, 0.4) is 0 Å². The van der Waals surface area contributed by atoms with Crippen LogP contribution >= 0.6 is 0 Å². The van der Waals surface area contributed by atoms with Gasteiger partial charge in [-0.3, -0.25) is 14.5 Å². The quantitative estimate of drug-likeness (QED) is 0.596. The van der Waals surface area contributed by atoms with E-state index in [1.54, 1.807) is 38.1 Å². The molecule has 2 atom stereocenters. The average Bonchev–Trinajstić information content (AvgIpc) is 3.29. The highest BCUT2D eigenvalue weighted by Gasteiger charge is 2.49. The Bertz CT molecular complexity index is 1140. The van der Waals surface area contributed by atoms with E-state index in [1.165, 1.54) is 7.11 Å². The van der Waals surface area contributed by atoms with Crippen molar-refractivity contribution in [3.8, 4) is 5.75 Å². The SMILES string of the molecule is COc1cccc([C@]2(C)NC(=O)N(CC(=O)N[C@@H](C)c3cc4ccccc4o3)C2=O)c1. The summed E-state index contributed by atoms with van der Waals surface area (Å²) in [4.78, 5) is 39.1. The summed E-state index contributed by atoms with van der Waals surface area (Å²) in [6.45, 7) is 2.99. The van der Waals surface area contributed by atoms with Crippen molar-refractivity contribution in [2.75, 3.05) is 13.7 Å². The summed E-state index contributed by atoms with van der Waals surface area (Å²) in [7, 11) is 1.52. The van der Waals surface area contributed by atoms with Gasteiger partial charge in [-0.1, -0.05) is 30.3 Å². The molecule has 4 rings (SSSR count). The molecule has 1 aliphatic rings. The fourth-order valence-corrected chi connectivity index (χ4v) is 3.69. The van der Waals surface area contributed by atoms with Crippen LogP contribution in [0.25, 0.3) is 11.0 Å². The number of nitrogens with zero attached hydrogens (tertiary/aromatic N) is 1. The Morgan fingerprint density at radius 3 is 2.71 bits per heavy atom. The number of benzene rings is 2.